The van der Waals surface area contributed by atoms with E-state index < -0.39 is 28.7 Å². The zero-order chi connectivity index (χ0) is 24.0. The lowest BCUT2D eigenvalue weighted by Crippen LogP contribution is -1.96. The molecule has 0 aliphatic heterocycles. The number of rotatable bonds is 1. The highest BCUT2D eigenvalue weighted by molar-refractivity contribution is 6.20. The van der Waals surface area contributed by atoms with Gasteiger partial charge in [-0.25, -0.2) is 0 Å². The van der Waals surface area contributed by atoms with Crippen molar-refractivity contribution in [1.29, 1.82) is 0 Å². The molecule has 0 bridgehead atoms. The number of fused-ring (bicyclic) bond motifs is 8. The summed E-state index contributed by atoms with van der Waals surface area (Å²) in [7, 11) is 0. The van der Waals surface area contributed by atoms with Gasteiger partial charge in [0.05, 0.1) is 11.0 Å². The Morgan fingerprint density at radius 2 is 1.17 bits per heavy atom. The molecule has 2 heterocycles. The highest BCUT2D eigenvalue weighted by Gasteiger charge is 2.27. The van der Waals surface area contributed by atoms with Gasteiger partial charge in [-0.3, -0.25) is 0 Å². The van der Waals surface area contributed by atoms with Crippen LogP contribution in [0.4, 0.5) is 0 Å². The molecule has 7 aromatic rings. The SMILES string of the molecule is Oc1c(O)c(O)c(-n2c3ccccc3c3cc4c(ccc5c6ccccc6oc45)cc32)c(O)c1O. The third-order valence-corrected chi connectivity index (χ3v) is 6.72. The van der Waals surface area contributed by atoms with Crippen LogP contribution in [-0.2, 0) is 0 Å². The summed E-state index contributed by atoms with van der Waals surface area (Å²) < 4.78 is 7.77. The van der Waals surface area contributed by atoms with E-state index in [0.717, 1.165) is 43.5 Å². The zero-order valence-electron chi connectivity index (χ0n) is 18.0. The molecule has 0 amide bonds. The van der Waals surface area contributed by atoms with Crippen LogP contribution in [0, 0.1) is 0 Å². The molecule has 0 saturated heterocycles. The Labute approximate surface area is 196 Å². The minimum absolute atomic E-state index is 0.242. The first kappa shape index (κ1) is 19.4. The van der Waals surface area contributed by atoms with E-state index in [4.69, 9.17) is 4.42 Å². The van der Waals surface area contributed by atoms with Gasteiger partial charge in [-0.1, -0.05) is 42.5 Å². The second-order valence-electron chi connectivity index (χ2n) is 8.58. The van der Waals surface area contributed by atoms with E-state index in [9.17, 15) is 25.5 Å². The summed E-state index contributed by atoms with van der Waals surface area (Å²) in [5.74, 6) is -4.36. The number of phenols is 5. The number of para-hydroxylation sites is 2. The molecule has 0 unspecified atom stereocenters. The summed E-state index contributed by atoms with van der Waals surface area (Å²) in [4.78, 5) is 0. The lowest BCUT2D eigenvalue weighted by atomic mass is 10.0. The monoisotopic (exact) mass is 463 g/mol. The first-order valence-corrected chi connectivity index (χ1v) is 10.9. The summed E-state index contributed by atoms with van der Waals surface area (Å²) in [6.45, 7) is 0. The van der Waals surface area contributed by atoms with Gasteiger partial charge < -0.3 is 34.5 Å². The average Bonchev–Trinajstić information content (AvgIpc) is 3.41. The van der Waals surface area contributed by atoms with Crippen molar-refractivity contribution in [2.75, 3.05) is 0 Å². The van der Waals surface area contributed by atoms with Crippen LogP contribution >= 0.6 is 0 Å². The van der Waals surface area contributed by atoms with Gasteiger partial charge in [0.15, 0.2) is 11.5 Å². The van der Waals surface area contributed by atoms with Crippen molar-refractivity contribution in [3.8, 4) is 34.4 Å². The molecule has 7 heteroatoms. The molecular formula is C28H17NO6. The van der Waals surface area contributed by atoms with Gasteiger partial charge in [-0.2, -0.15) is 0 Å². The Balaban J connectivity index is 1.68. The van der Waals surface area contributed by atoms with Gasteiger partial charge in [0.1, 0.15) is 16.9 Å². The molecule has 7 nitrogen and oxygen atoms in total. The van der Waals surface area contributed by atoms with Crippen molar-refractivity contribution in [1.82, 2.24) is 4.57 Å². The molecule has 0 spiro atoms. The number of hydrogen-bond donors (Lipinski definition) is 5. The smallest absolute Gasteiger partial charge is 0.208 e. The molecule has 170 valence electrons. The third-order valence-electron chi connectivity index (χ3n) is 6.72. The maximum Gasteiger partial charge on any atom is 0.208 e. The zero-order valence-corrected chi connectivity index (χ0v) is 18.0. The first-order valence-electron chi connectivity index (χ1n) is 10.9. The van der Waals surface area contributed by atoms with Crippen LogP contribution in [-0.4, -0.2) is 30.1 Å². The van der Waals surface area contributed by atoms with E-state index in [1.807, 2.05) is 66.7 Å². The van der Waals surface area contributed by atoms with Crippen molar-refractivity contribution in [3.63, 3.8) is 0 Å². The third kappa shape index (κ3) is 2.38. The van der Waals surface area contributed by atoms with Crippen molar-refractivity contribution in [3.05, 3.63) is 72.8 Å². The number of aromatic nitrogens is 1. The summed E-state index contributed by atoms with van der Waals surface area (Å²) in [5, 5.41) is 57.1. The van der Waals surface area contributed by atoms with Gasteiger partial charge in [-0.15, -0.1) is 0 Å². The van der Waals surface area contributed by atoms with E-state index >= 15 is 0 Å². The number of furan rings is 1. The van der Waals surface area contributed by atoms with Crippen molar-refractivity contribution in [2.45, 2.75) is 0 Å². The maximum absolute atomic E-state index is 10.7. The Kier molecular flexibility index (Phi) is 3.62. The van der Waals surface area contributed by atoms with E-state index in [2.05, 4.69) is 0 Å². The normalized spacial score (nSPS) is 12.0. The number of phenolic OH excluding ortho intramolecular Hbond substituents is 5. The molecule has 0 radical (unpaired) electrons. The molecular weight excluding hydrogens is 446 g/mol. The molecule has 2 aromatic heterocycles. The fraction of sp³-hybridized carbons (Fsp3) is 0. The molecule has 7 rings (SSSR count). The second kappa shape index (κ2) is 6.51. The van der Waals surface area contributed by atoms with E-state index in [1.54, 1.807) is 10.6 Å². The summed E-state index contributed by atoms with van der Waals surface area (Å²) in [6.07, 6.45) is 0. The Morgan fingerprint density at radius 3 is 1.94 bits per heavy atom. The van der Waals surface area contributed by atoms with E-state index in [-0.39, 0.29) is 5.69 Å². The number of aromatic hydroxyl groups is 5. The predicted molar refractivity (Wildman–Crippen MR) is 134 cm³/mol. The summed E-state index contributed by atoms with van der Waals surface area (Å²) in [5.41, 5.74) is 2.54. The van der Waals surface area contributed by atoms with Crippen molar-refractivity contribution >= 4 is 54.5 Å². The Bertz CT molecular complexity index is 1990. The van der Waals surface area contributed by atoms with Crippen molar-refractivity contribution in [2.24, 2.45) is 0 Å². The minimum Gasteiger partial charge on any atom is -0.503 e. The topological polar surface area (TPSA) is 119 Å². The van der Waals surface area contributed by atoms with Gasteiger partial charge >= 0.3 is 0 Å². The molecule has 35 heavy (non-hydrogen) atoms. The quantitative estimate of drug-likeness (QED) is 0.143. The first-order chi connectivity index (χ1) is 17.0. The second-order valence-corrected chi connectivity index (χ2v) is 8.58. The lowest BCUT2D eigenvalue weighted by Gasteiger charge is -2.15. The number of hydrogen-bond acceptors (Lipinski definition) is 6. The average molecular weight is 463 g/mol. The van der Waals surface area contributed by atoms with Crippen molar-refractivity contribution < 1.29 is 29.9 Å². The van der Waals surface area contributed by atoms with Crippen LogP contribution in [0.1, 0.15) is 0 Å². The van der Waals surface area contributed by atoms with Gasteiger partial charge in [0, 0.05) is 26.9 Å². The lowest BCUT2D eigenvalue weighted by molar-refractivity contribution is 0.327. The van der Waals surface area contributed by atoms with Gasteiger partial charge in [0.25, 0.3) is 0 Å². The van der Waals surface area contributed by atoms with Crippen LogP contribution in [0.2, 0.25) is 0 Å². The Morgan fingerprint density at radius 1 is 0.514 bits per heavy atom. The molecule has 0 atom stereocenters. The van der Waals surface area contributed by atoms with Gasteiger partial charge in [0.2, 0.25) is 17.2 Å². The number of nitrogens with zero attached hydrogens (tertiary/aromatic N) is 1. The van der Waals surface area contributed by atoms with E-state index in [0.29, 0.717) is 11.0 Å². The highest BCUT2D eigenvalue weighted by Crippen LogP contribution is 2.54. The molecule has 0 saturated carbocycles. The summed E-state index contributed by atoms with van der Waals surface area (Å²) in [6, 6.07) is 23.1. The molecule has 0 aliphatic rings. The molecule has 5 aromatic carbocycles. The summed E-state index contributed by atoms with van der Waals surface area (Å²) >= 11 is 0. The van der Waals surface area contributed by atoms with E-state index in [1.165, 1.54) is 0 Å². The molecule has 5 N–H and O–H groups in total. The maximum atomic E-state index is 10.7. The van der Waals surface area contributed by atoms with Crippen LogP contribution in [0.25, 0.3) is 60.2 Å². The largest absolute Gasteiger partial charge is 0.503 e. The molecule has 0 fully saturated rings. The predicted octanol–water partition coefficient (Wildman–Crippen LogP) is 6.36. The fourth-order valence-corrected chi connectivity index (χ4v) is 5.10. The van der Waals surface area contributed by atoms with Gasteiger partial charge in [-0.05, 0) is 35.7 Å². The van der Waals surface area contributed by atoms with Crippen LogP contribution in [0.15, 0.2) is 77.2 Å². The fourth-order valence-electron chi connectivity index (χ4n) is 5.10. The molecule has 0 aliphatic carbocycles. The number of benzene rings is 5. The highest BCUT2D eigenvalue weighted by atomic mass is 16.4. The Hall–Kier alpha value is -5.04. The van der Waals surface area contributed by atoms with Crippen LogP contribution in [0.3, 0.4) is 0 Å². The minimum atomic E-state index is -0.998. The van der Waals surface area contributed by atoms with Crippen LogP contribution in [0.5, 0.6) is 28.7 Å². The standard InChI is InChI=1S/C28H17NO6/c30-23-22(24(31)26(33)27(34)25(23)32)29-19-7-3-1-5-14(19)18-12-17-13(11-20(18)29)9-10-16-15-6-2-4-8-21(15)35-28(16)17/h1-12,30-34H. The van der Waals surface area contributed by atoms with Crippen LogP contribution < -0.4 is 0 Å².